The summed E-state index contributed by atoms with van der Waals surface area (Å²) in [6.07, 6.45) is 3.58. The van der Waals surface area contributed by atoms with Crippen molar-refractivity contribution in [1.82, 2.24) is 20.1 Å². The van der Waals surface area contributed by atoms with Crippen molar-refractivity contribution in [2.75, 3.05) is 25.0 Å². The van der Waals surface area contributed by atoms with Gasteiger partial charge in [0.15, 0.2) is 5.82 Å². The minimum Gasteiger partial charge on any atom is -0.506 e. The summed E-state index contributed by atoms with van der Waals surface area (Å²) >= 11 is 5.91. The van der Waals surface area contributed by atoms with E-state index in [1.54, 1.807) is 0 Å². The van der Waals surface area contributed by atoms with Crippen molar-refractivity contribution >= 4 is 28.2 Å². The third-order valence-corrected chi connectivity index (χ3v) is 5.63. The van der Waals surface area contributed by atoms with Crippen LogP contribution in [0.2, 0.25) is 5.02 Å². The summed E-state index contributed by atoms with van der Waals surface area (Å²) in [6, 6.07) is 9.63. The van der Waals surface area contributed by atoms with Crippen LogP contribution in [0.1, 0.15) is 19.8 Å². The Labute approximate surface area is 174 Å². The minimum atomic E-state index is -0.0291. The molecule has 2 atom stereocenters. The van der Waals surface area contributed by atoms with Crippen LogP contribution in [0, 0.1) is 0 Å². The largest absolute Gasteiger partial charge is 0.506 e. The van der Waals surface area contributed by atoms with Crippen LogP contribution >= 0.6 is 11.6 Å². The molecule has 0 amide bonds. The molecule has 2 unspecified atom stereocenters. The van der Waals surface area contributed by atoms with E-state index in [0.717, 1.165) is 36.7 Å². The van der Waals surface area contributed by atoms with Crippen molar-refractivity contribution in [2.24, 2.45) is 0 Å². The number of piperidine rings is 1. The van der Waals surface area contributed by atoms with Crippen LogP contribution in [0.5, 0.6) is 5.75 Å². The van der Waals surface area contributed by atoms with Crippen molar-refractivity contribution in [3.05, 3.63) is 41.6 Å². The van der Waals surface area contributed by atoms with Crippen LogP contribution in [0.15, 0.2) is 36.5 Å². The molecule has 0 spiro atoms. The Morgan fingerprint density at radius 1 is 1.24 bits per heavy atom. The van der Waals surface area contributed by atoms with Crippen LogP contribution in [0.3, 0.4) is 0 Å². The summed E-state index contributed by atoms with van der Waals surface area (Å²) in [7, 11) is 0. The fourth-order valence-electron chi connectivity index (χ4n) is 3.83. The van der Waals surface area contributed by atoms with Gasteiger partial charge in [0.2, 0.25) is 0 Å². The van der Waals surface area contributed by atoms with Crippen molar-refractivity contribution in [2.45, 2.75) is 31.8 Å². The van der Waals surface area contributed by atoms with Crippen LogP contribution in [0.4, 0.5) is 5.82 Å². The lowest BCUT2D eigenvalue weighted by Crippen LogP contribution is -2.47. The Morgan fingerprint density at radius 3 is 2.79 bits per heavy atom. The lowest BCUT2D eigenvalue weighted by atomic mass is 10.0. The Balaban J connectivity index is 1.67. The molecule has 1 fully saturated rings. The number of pyridine rings is 1. The zero-order valence-corrected chi connectivity index (χ0v) is 17.0. The van der Waals surface area contributed by atoms with Gasteiger partial charge in [-0.25, -0.2) is 4.98 Å². The fourth-order valence-corrected chi connectivity index (χ4v) is 3.98. The second-order valence-corrected chi connectivity index (χ2v) is 7.91. The first-order chi connectivity index (χ1) is 14.1. The Hall–Kier alpha value is -2.48. The average molecular weight is 414 g/mol. The van der Waals surface area contributed by atoms with E-state index in [1.165, 1.54) is 12.3 Å². The summed E-state index contributed by atoms with van der Waals surface area (Å²) in [5.41, 5.74) is 0.866. The minimum absolute atomic E-state index is 0.0291. The number of hydrogen-bond acceptors (Lipinski definition) is 7. The highest BCUT2D eigenvalue weighted by Crippen LogP contribution is 2.34. The monoisotopic (exact) mass is 413 g/mol. The summed E-state index contributed by atoms with van der Waals surface area (Å²) in [5, 5.41) is 34.2. The number of aromatic hydroxyl groups is 1. The van der Waals surface area contributed by atoms with E-state index >= 15 is 0 Å². The first-order valence-electron chi connectivity index (χ1n) is 9.78. The maximum absolute atomic E-state index is 10.3. The number of fused-ring (bicyclic) bond motifs is 1. The highest BCUT2D eigenvalue weighted by Gasteiger charge is 2.24. The fraction of sp³-hybridized carbons (Fsp3) is 0.381. The molecule has 29 heavy (non-hydrogen) atoms. The van der Waals surface area contributed by atoms with Crippen LogP contribution in [-0.4, -0.2) is 62.1 Å². The van der Waals surface area contributed by atoms with Gasteiger partial charge in [-0.3, -0.25) is 4.90 Å². The Bertz CT molecular complexity index is 1020. The maximum atomic E-state index is 10.3. The zero-order valence-electron chi connectivity index (χ0n) is 16.2. The molecule has 0 saturated carbocycles. The molecule has 7 nitrogen and oxygen atoms in total. The lowest BCUT2D eigenvalue weighted by molar-refractivity contribution is 0.110. The number of likely N-dealkylation sites (tertiary alicyclic amines) is 1. The maximum Gasteiger partial charge on any atom is 0.156 e. The molecule has 3 aromatic rings. The second-order valence-electron chi connectivity index (χ2n) is 7.47. The molecule has 1 aliphatic heterocycles. The van der Waals surface area contributed by atoms with Crippen molar-refractivity contribution in [1.29, 1.82) is 0 Å². The number of hydrogen-bond donors (Lipinski definition) is 3. The number of rotatable bonds is 5. The number of anilines is 1. The molecule has 152 valence electrons. The predicted molar refractivity (Wildman–Crippen MR) is 114 cm³/mol. The topological polar surface area (TPSA) is 94.4 Å². The number of aliphatic hydroxyl groups excluding tert-OH is 1. The Kier molecular flexibility index (Phi) is 5.80. The molecular formula is C21H24ClN5O2. The van der Waals surface area contributed by atoms with E-state index < -0.39 is 0 Å². The molecule has 1 saturated heterocycles. The molecule has 3 N–H and O–H groups in total. The quantitative estimate of drug-likeness (QED) is 0.590. The third kappa shape index (κ3) is 4.12. The first kappa shape index (κ1) is 19.8. The third-order valence-electron chi connectivity index (χ3n) is 5.43. The standard InChI is InChI=1S/C21H24ClN5O2/c1-13(12-28)27-8-4-5-15(11-27)24-21-17-7-3-2-6-16(17)19(25-26-21)20-18(29)9-14(22)10-23-20/h2-3,6-7,9-10,13,15,28-29H,4-5,8,11-12H2,1H3,(H,24,26). The van der Waals surface area contributed by atoms with E-state index in [-0.39, 0.29) is 24.4 Å². The van der Waals surface area contributed by atoms with Gasteiger partial charge in [-0.15, -0.1) is 10.2 Å². The van der Waals surface area contributed by atoms with E-state index in [9.17, 15) is 10.2 Å². The van der Waals surface area contributed by atoms with Gasteiger partial charge in [-0.1, -0.05) is 35.9 Å². The molecule has 0 bridgehead atoms. The lowest BCUT2D eigenvalue weighted by Gasteiger charge is -2.36. The zero-order chi connectivity index (χ0) is 20.4. The molecule has 4 rings (SSSR count). The van der Waals surface area contributed by atoms with Crippen LogP contribution in [0.25, 0.3) is 22.2 Å². The number of aromatic nitrogens is 3. The van der Waals surface area contributed by atoms with Gasteiger partial charge < -0.3 is 15.5 Å². The Morgan fingerprint density at radius 2 is 2.03 bits per heavy atom. The van der Waals surface area contributed by atoms with Gasteiger partial charge in [0.05, 0.1) is 11.6 Å². The smallest absolute Gasteiger partial charge is 0.156 e. The van der Waals surface area contributed by atoms with Gasteiger partial charge >= 0.3 is 0 Å². The first-order valence-corrected chi connectivity index (χ1v) is 10.2. The summed E-state index contributed by atoms with van der Waals surface area (Å²) in [6.45, 7) is 4.03. The number of benzene rings is 1. The average Bonchev–Trinajstić information content (AvgIpc) is 2.74. The van der Waals surface area contributed by atoms with Crippen molar-refractivity contribution in [3.63, 3.8) is 0 Å². The van der Waals surface area contributed by atoms with Crippen molar-refractivity contribution in [3.8, 4) is 17.1 Å². The summed E-state index contributed by atoms with van der Waals surface area (Å²) in [4.78, 5) is 6.54. The van der Waals surface area contributed by atoms with E-state index in [0.29, 0.717) is 22.2 Å². The molecule has 8 heteroatoms. The summed E-state index contributed by atoms with van der Waals surface area (Å²) in [5.74, 6) is 0.680. The SMILES string of the molecule is CC(CO)N1CCCC(Nc2nnc(-c3ncc(Cl)cc3O)c3ccccc23)C1. The van der Waals surface area contributed by atoms with Gasteiger partial charge in [0.1, 0.15) is 17.1 Å². The van der Waals surface area contributed by atoms with E-state index in [4.69, 9.17) is 11.6 Å². The van der Waals surface area contributed by atoms with Gasteiger partial charge in [0.25, 0.3) is 0 Å². The predicted octanol–water partition coefficient (Wildman–Crippen LogP) is 3.31. The second kappa shape index (κ2) is 8.49. The molecule has 1 aromatic carbocycles. The molecule has 3 heterocycles. The summed E-state index contributed by atoms with van der Waals surface area (Å²) < 4.78 is 0. The molecule has 2 aromatic heterocycles. The van der Waals surface area contributed by atoms with Gasteiger partial charge in [-0.05, 0) is 26.3 Å². The van der Waals surface area contributed by atoms with Crippen LogP contribution in [-0.2, 0) is 0 Å². The number of halogens is 1. The van der Waals surface area contributed by atoms with E-state index in [1.807, 2.05) is 31.2 Å². The van der Waals surface area contributed by atoms with E-state index in [2.05, 4.69) is 25.4 Å². The van der Waals surface area contributed by atoms with Crippen molar-refractivity contribution < 1.29 is 10.2 Å². The molecule has 0 radical (unpaired) electrons. The highest BCUT2D eigenvalue weighted by molar-refractivity contribution is 6.30. The molecule has 1 aliphatic rings. The molecular weight excluding hydrogens is 390 g/mol. The van der Waals surface area contributed by atoms with Crippen LogP contribution < -0.4 is 5.32 Å². The number of nitrogens with one attached hydrogen (secondary N) is 1. The normalized spacial score (nSPS) is 18.7. The molecule has 0 aliphatic carbocycles. The number of nitrogens with zero attached hydrogens (tertiary/aromatic N) is 4. The number of aliphatic hydroxyl groups is 1. The van der Waals surface area contributed by atoms with Gasteiger partial charge in [-0.2, -0.15) is 0 Å². The van der Waals surface area contributed by atoms with Gasteiger partial charge in [0, 0.05) is 41.7 Å². The highest BCUT2D eigenvalue weighted by atomic mass is 35.5.